The number of hydrogen-bond acceptors (Lipinski definition) is 4. The number of nitrogens with zero attached hydrogens (tertiary/aromatic N) is 1. The second-order valence-electron chi connectivity index (χ2n) is 5.80. The molecule has 3 atom stereocenters. The fourth-order valence-electron chi connectivity index (χ4n) is 3.58. The van der Waals surface area contributed by atoms with Crippen molar-refractivity contribution in [1.82, 2.24) is 4.90 Å². The highest BCUT2D eigenvalue weighted by molar-refractivity contribution is 5.28. The van der Waals surface area contributed by atoms with E-state index in [-0.39, 0.29) is 12.2 Å². The van der Waals surface area contributed by atoms with Crippen LogP contribution in [0.15, 0.2) is 24.3 Å². The summed E-state index contributed by atoms with van der Waals surface area (Å²) in [4.78, 5) is 2.52. The van der Waals surface area contributed by atoms with E-state index >= 15 is 0 Å². The molecule has 0 aromatic heterocycles. The average molecular weight is 291 g/mol. The molecule has 4 heteroatoms. The largest absolute Gasteiger partial charge is 0.497 e. The van der Waals surface area contributed by atoms with Crippen LogP contribution in [0.1, 0.15) is 25.3 Å². The molecule has 2 bridgehead atoms. The van der Waals surface area contributed by atoms with E-state index in [1.807, 2.05) is 6.07 Å². The zero-order valence-electron chi connectivity index (χ0n) is 13.0. The molecular formula is C17H25NO3. The van der Waals surface area contributed by atoms with E-state index in [2.05, 4.69) is 30.0 Å². The molecule has 1 saturated heterocycles. The third-order valence-corrected chi connectivity index (χ3v) is 4.55. The number of hydrogen-bond donors (Lipinski definition) is 0. The van der Waals surface area contributed by atoms with Gasteiger partial charge < -0.3 is 14.2 Å². The van der Waals surface area contributed by atoms with E-state index in [9.17, 15) is 0 Å². The van der Waals surface area contributed by atoms with E-state index in [0.29, 0.717) is 6.04 Å². The molecule has 0 N–H and O–H groups in total. The maximum Gasteiger partial charge on any atom is 0.119 e. The van der Waals surface area contributed by atoms with Gasteiger partial charge in [-0.05, 0) is 37.5 Å². The molecule has 1 heterocycles. The maximum atomic E-state index is 5.98. The quantitative estimate of drug-likeness (QED) is 0.834. The Balaban J connectivity index is 1.74. The Hall–Kier alpha value is -1.10. The molecule has 1 aliphatic carbocycles. The minimum atomic E-state index is 0.225. The van der Waals surface area contributed by atoms with Crippen LogP contribution in [0.25, 0.3) is 0 Å². The van der Waals surface area contributed by atoms with Gasteiger partial charge in [0.1, 0.15) is 5.75 Å². The molecule has 0 spiro atoms. The van der Waals surface area contributed by atoms with Gasteiger partial charge in [-0.25, -0.2) is 0 Å². The monoisotopic (exact) mass is 291 g/mol. The first-order valence-corrected chi connectivity index (χ1v) is 7.92. The second kappa shape index (κ2) is 6.77. The van der Waals surface area contributed by atoms with Gasteiger partial charge >= 0.3 is 0 Å². The Morgan fingerprint density at radius 3 is 3.05 bits per heavy atom. The molecular weight excluding hydrogens is 266 g/mol. The minimum absolute atomic E-state index is 0.225. The van der Waals surface area contributed by atoms with Crippen LogP contribution in [0.5, 0.6) is 5.75 Å². The van der Waals surface area contributed by atoms with Crippen LogP contribution in [0.4, 0.5) is 0 Å². The highest BCUT2D eigenvalue weighted by atomic mass is 16.5. The van der Waals surface area contributed by atoms with Crippen LogP contribution in [0.2, 0.25) is 0 Å². The van der Waals surface area contributed by atoms with Gasteiger partial charge in [0.2, 0.25) is 0 Å². The van der Waals surface area contributed by atoms with Crippen molar-refractivity contribution in [3.8, 4) is 5.75 Å². The van der Waals surface area contributed by atoms with E-state index in [4.69, 9.17) is 14.2 Å². The van der Waals surface area contributed by atoms with Crippen molar-refractivity contribution in [3.63, 3.8) is 0 Å². The van der Waals surface area contributed by atoms with Crippen LogP contribution >= 0.6 is 0 Å². The summed E-state index contributed by atoms with van der Waals surface area (Å²) in [6, 6.07) is 8.80. The molecule has 1 aromatic rings. The average Bonchev–Trinajstić information content (AvgIpc) is 2.81. The standard InChI is InChI=1S/C17H25NO3/c1-3-20-17-15-7-8-16(17)21-10-9-18(15)12-13-5-4-6-14(11-13)19-2/h4-6,11,15-17H,3,7-10,12H2,1-2H3/t15-,16-,17+/m1/s1. The molecule has 0 unspecified atom stereocenters. The molecule has 21 heavy (non-hydrogen) atoms. The zero-order valence-corrected chi connectivity index (χ0v) is 13.0. The summed E-state index contributed by atoms with van der Waals surface area (Å²) in [7, 11) is 1.71. The molecule has 0 radical (unpaired) electrons. The highest BCUT2D eigenvalue weighted by Crippen LogP contribution is 2.33. The third kappa shape index (κ3) is 3.23. The van der Waals surface area contributed by atoms with Crippen LogP contribution in [-0.4, -0.2) is 50.0 Å². The fraction of sp³-hybridized carbons (Fsp3) is 0.647. The van der Waals surface area contributed by atoms with Crippen LogP contribution in [0, 0.1) is 0 Å². The van der Waals surface area contributed by atoms with Crippen molar-refractivity contribution in [2.24, 2.45) is 0 Å². The smallest absolute Gasteiger partial charge is 0.119 e. The van der Waals surface area contributed by atoms with E-state index < -0.39 is 0 Å². The Kier molecular flexibility index (Phi) is 4.78. The zero-order chi connectivity index (χ0) is 14.7. The Bertz CT molecular complexity index is 465. The van der Waals surface area contributed by atoms with Gasteiger partial charge in [0.05, 0.1) is 25.9 Å². The van der Waals surface area contributed by atoms with Gasteiger partial charge in [-0.1, -0.05) is 12.1 Å². The summed E-state index contributed by atoms with van der Waals surface area (Å²) >= 11 is 0. The predicted molar refractivity (Wildman–Crippen MR) is 81.6 cm³/mol. The molecule has 3 rings (SSSR count). The molecule has 1 saturated carbocycles. The first-order chi connectivity index (χ1) is 10.3. The lowest BCUT2D eigenvalue weighted by atomic mass is 10.1. The van der Waals surface area contributed by atoms with Crippen molar-refractivity contribution in [2.45, 2.75) is 44.6 Å². The first kappa shape index (κ1) is 14.8. The van der Waals surface area contributed by atoms with E-state index in [1.54, 1.807) is 7.11 Å². The van der Waals surface area contributed by atoms with Crippen molar-refractivity contribution >= 4 is 0 Å². The van der Waals surface area contributed by atoms with Crippen molar-refractivity contribution in [1.29, 1.82) is 0 Å². The topological polar surface area (TPSA) is 30.9 Å². The first-order valence-electron chi connectivity index (χ1n) is 7.92. The normalized spacial score (nSPS) is 29.3. The highest BCUT2D eigenvalue weighted by Gasteiger charge is 2.42. The minimum Gasteiger partial charge on any atom is -0.497 e. The van der Waals surface area contributed by atoms with Crippen molar-refractivity contribution in [2.75, 3.05) is 26.9 Å². The maximum absolute atomic E-state index is 5.98. The summed E-state index contributed by atoms with van der Waals surface area (Å²) in [5, 5.41) is 0. The fourth-order valence-corrected chi connectivity index (χ4v) is 3.58. The van der Waals surface area contributed by atoms with E-state index in [1.165, 1.54) is 12.0 Å². The number of fused-ring (bicyclic) bond motifs is 2. The number of benzene rings is 1. The van der Waals surface area contributed by atoms with Crippen LogP contribution in [-0.2, 0) is 16.0 Å². The summed E-state index contributed by atoms with van der Waals surface area (Å²) in [5.41, 5.74) is 1.29. The van der Waals surface area contributed by atoms with Gasteiger partial charge in [-0.2, -0.15) is 0 Å². The van der Waals surface area contributed by atoms with Crippen molar-refractivity contribution in [3.05, 3.63) is 29.8 Å². The lowest BCUT2D eigenvalue weighted by Crippen LogP contribution is -2.42. The molecule has 1 aromatic carbocycles. The molecule has 1 aliphatic heterocycles. The summed E-state index contributed by atoms with van der Waals surface area (Å²) < 4.78 is 17.3. The van der Waals surface area contributed by atoms with Crippen LogP contribution in [0.3, 0.4) is 0 Å². The molecule has 2 fully saturated rings. The Labute approximate surface area is 127 Å². The van der Waals surface area contributed by atoms with Gasteiger partial charge in [0.15, 0.2) is 0 Å². The summed E-state index contributed by atoms with van der Waals surface area (Å²) in [5.74, 6) is 0.921. The van der Waals surface area contributed by atoms with Gasteiger partial charge in [-0.15, -0.1) is 0 Å². The third-order valence-electron chi connectivity index (χ3n) is 4.55. The van der Waals surface area contributed by atoms with E-state index in [0.717, 1.165) is 38.5 Å². The number of methoxy groups -OCH3 is 1. The molecule has 116 valence electrons. The summed E-state index contributed by atoms with van der Waals surface area (Å²) in [6.45, 7) is 5.53. The Morgan fingerprint density at radius 1 is 1.33 bits per heavy atom. The van der Waals surface area contributed by atoms with Crippen molar-refractivity contribution < 1.29 is 14.2 Å². The Morgan fingerprint density at radius 2 is 2.24 bits per heavy atom. The van der Waals surface area contributed by atoms with Gasteiger partial charge in [0.25, 0.3) is 0 Å². The molecule has 2 aliphatic rings. The van der Waals surface area contributed by atoms with Gasteiger partial charge in [0, 0.05) is 25.7 Å². The number of rotatable bonds is 5. The van der Waals surface area contributed by atoms with Gasteiger partial charge in [-0.3, -0.25) is 4.90 Å². The lowest BCUT2D eigenvalue weighted by Gasteiger charge is -2.31. The molecule has 0 amide bonds. The van der Waals surface area contributed by atoms with Crippen LogP contribution < -0.4 is 4.74 Å². The molecule has 4 nitrogen and oxygen atoms in total. The number of ether oxygens (including phenoxy) is 3. The summed E-state index contributed by atoms with van der Waals surface area (Å²) in [6.07, 6.45) is 2.79. The predicted octanol–water partition coefficient (Wildman–Crippen LogP) is 2.46. The lowest BCUT2D eigenvalue weighted by molar-refractivity contribution is -0.0498. The SMILES string of the molecule is CCO[C@H]1[C@H]2CC[C@H]1OCCN2Cc1cccc(OC)c1. The second-order valence-corrected chi connectivity index (χ2v) is 5.80.